The zero-order valence-corrected chi connectivity index (χ0v) is 13.3. The molecule has 5 nitrogen and oxygen atoms in total. The van der Waals surface area contributed by atoms with Crippen LogP contribution < -0.4 is 10.1 Å². The fourth-order valence-corrected chi connectivity index (χ4v) is 2.02. The second-order valence-corrected chi connectivity index (χ2v) is 5.37. The van der Waals surface area contributed by atoms with Crippen LogP contribution in [0, 0.1) is 28.6 Å². The highest BCUT2D eigenvalue weighted by Crippen LogP contribution is 2.15. The van der Waals surface area contributed by atoms with Crippen molar-refractivity contribution in [1.29, 1.82) is 10.5 Å². The molecule has 0 saturated carbocycles. The quantitative estimate of drug-likeness (QED) is 0.886. The summed E-state index contributed by atoms with van der Waals surface area (Å²) >= 11 is 0. The molecule has 0 bridgehead atoms. The number of nitrogens with one attached hydrogen (secondary N) is 1. The first kappa shape index (κ1) is 17.1. The molecule has 2 aromatic rings. The van der Waals surface area contributed by atoms with E-state index in [2.05, 4.69) is 17.5 Å². The number of nitrogens with zero attached hydrogens (tertiary/aromatic N) is 2. The van der Waals surface area contributed by atoms with Gasteiger partial charge in [0, 0.05) is 12.1 Å². The molecule has 0 spiro atoms. The number of amides is 1. The second-order valence-electron chi connectivity index (χ2n) is 5.37. The lowest BCUT2D eigenvalue weighted by Crippen LogP contribution is -2.27. The lowest BCUT2D eigenvalue weighted by atomic mass is 10.1. The van der Waals surface area contributed by atoms with Crippen LogP contribution in [0.15, 0.2) is 48.5 Å². The van der Waals surface area contributed by atoms with E-state index in [1.54, 1.807) is 49.4 Å². The third-order valence-corrected chi connectivity index (χ3v) is 3.35. The SMILES string of the molecule is C[C@H](C#N)CNC(=O)c1cccc(COc2cccc(C#N)c2)c1. The molecule has 0 aliphatic heterocycles. The van der Waals surface area contributed by atoms with Crippen molar-refractivity contribution in [3.63, 3.8) is 0 Å². The largest absolute Gasteiger partial charge is 0.489 e. The van der Waals surface area contributed by atoms with Crippen LogP contribution in [0.2, 0.25) is 0 Å². The first-order valence-electron chi connectivity index (χ1n) is 7.52. The normalized spacial score (nSPS) is 11.0. The molecule has 0 radical (unpaired) electrons. The molecule has 1 amide bonds. The van der Waals surface area contributed by atoms with E-state index in [9.17, 15) is 4.79 Å². The molecule has 0 aromatic heterocycles. The maximum Gasteiger partial charge on any atom is 0.251 e. The smallest absolute Gasteiger partial charge is 0.251 e. The van der Waals surface area contributed by atoms with E-state index in [-0.39, 0.29) is 11.8 Å². The van der Waals surface area contributed by atoms with Gasteiger partial charge in [0.1, 0.15) is 12.4 Å². The van der Waals surface area contributed by atoms with Crippen LogP contribution in [0.4, 0.5) is 0 Å². The molecule has 0 aliphatic rings. The molecule has 2 rings (SSSR count). The monoisotopic (exact) mass is 319 g/mol. The number of carbonyl (C=O) groups excluding carboxylic acids is 1. The predicted molar refractivity (Wildman–Crippen MR) is 89.0 cm³/mol. The minimum absolute atomic E-state index is 0.217. The van der Waals surface area contributed by atoms with Crippen LogP contribution in [0.1, 0.15) is 28.4 Å². The van der Waals surface area contributed by atoms with Crippen LogP contribution in [0.5, 0.6) is 5.75 Å². The van der Waals surface area contributed by atoms with Crippen LogP contribution in [-0.4, -0.2) is 12.5 Å². The molecule has 1 atom stereocenters. The predicted octanol–water partition coefficient (Wildman–Crippen LogP) is 3.03. The van der Waals surface area contributed by atoms with E-state index in [4.69, 9.17) is 15.3 Å². The van der Waals surface area contributed by atoms with Gasteiger partial charge in [0.2, 0.25) is 0 Å². The van der Waals surface area contributed by atoms with Crippen LogP contribution in [-0.2, 0) is 6.61 Å². The van der Waals surface area contributed by atoms with E-state index in [0.717, 1.165) is 5.56 Å². The minimum atomic E-state index is -0.229. The van der Waals surface area contributed by atoms with Gasteiger partial charge in [0.15, 0.2) is 0 Å². The molecule has 0 heterocycles. The first-order valence-corrected chi connectivity index (χ1v) is 7.52. The summed E-state index contributed by atoms with van der Waals surface area (Å²) in [6.45, 7) is 2.36. The van der Waals surface area contributed by atoms with Gasteiger partial charge >= 0.3 is 0 Å². The van der Waals surface area contributed by atoms with Gasteiger partial charge in [-0.2, -0.15) is 10.5 Å². The lowest BCUT2D eigenvalue weighted by molar-refractivity contribution is 0.0950. The van der Waals surface area contributed by atoms with Gasteiger partial charge in [-0.15, -0.1) is 0 Å². The van der Waals surface area contributed by atoms with Crippen molar-refractivity contribution in [1.82, 2.24) is 5.32 Å². The molecule has 0 unspecified atom stereocenters. The average Bonchev–Trinajstić information content (AvgIpc) is 2.64. The minimum Gasteiger partial charge on any atom is -0.489 e. The number of rotatable bonds is 6. The van der Waals surface area contributed by atoms with Crippen LogP contribution in [0.3, 0.4) is 0 Å². The van der Waals surface area contributed by atoms with Gasteiger partial charge in [0.25, 0.3) is 5.91 Å². The average molecular weight is 319 g/mol. The summed E-state index contributed by atoms with van der Waals surface area (Å²) in [5, 5.41) is 20.3. The molecule has 24 heavy (non-hydrogen) atoms. The van der Waals surface area contributed by atoms with Gasteiger partial charge in [-0.3, -0.25) is 4.79 Å². The van der Waals surface area contributed by atoms with Gasteiger partial charge in [0.05, 0.1) is 23.6 Å². The van der Waals surface area contributed by atoms with Crippen molar-refractivity contribution in [3.8, 4) is 17.9 Å². The zero-order chi connectivity index (χ0) is 17.4. The Morgan fingerprint density at radius 2 is 2.00 bits per heavy atom. The molecule has 0 fully saturated rings. The Morgan fingerprint density at radius 3 is 2.75 bits per heavy atom. The summed E-state index contributed by atoms with van der Waals surface area (Å²) in [4.78, 5) is 12.1. The highest BCUT2D eigenvalue weighted by molar-refractivity contribution is 5.94. The maximum absolute atomic E-state index is 12.1. The highest BCUT2D eigenvalue weighted by atomic mass is 16.5. The molecule has 0 saturated heterocycles. The Balaban J connectivity index is 1.98. The number of carbonyl (C=O) groups is 1. The van der Waals surface area contributed by atoms with E-state index in [0.29, 0.717) is 30.0 Å². The van der Waals surface area contributed by atoms with Crippen molar-refractivity contribution in [2.45, 2.75) is 13.5 Å². The third kappa shape index (κ3) is 4.86. The van der Waals surface area contributed by atoms with Crippen molar-refractivity contribution >= 4 is 5.91 Å². The standard InChI is InChI=1S/C19H17N3O2/c1-14(10-20)12-22-19(23)17-6-2-5-16(8-17)13-24-18-7-3-4-15(9-18)11-21/h2-9,14H,12-13H2,1H3,(H,22,23)/t14-/m1/s1. The van der Waals surface area contributed by atoms with Gasteiger partial charge < -0.3 is 10.1 Å². The number of ether oxygens (including phenoxy) is 1. The van der Waals surface area contributed by atoms with Crippen molar-refractivity contribution in [2.24, 2.45) is 5.92 Å². The summed E-state index contributed by atoms with van der Waals surface area (Å²) in [6, 6.07) is 18.2. The fourth-order valence-electron chi connectivity index (χ4n) is 2.02. The fraction of sp³-hybridized carbons (Fsp3) is 0.211. The number of benzene rings is 2. The Morgan fingerprint density at radius 1 is 1.21 bits per heavy atom. The first-order chi connectivity index (χ1) is 11.6. The van der Waals surface area contributed by atoms with E-state index >= 15 is 0 Å². The van der Waals surface area contributed by atoms with Crippen molar-refractivity contribution in [3.05, 3.63) is 65.2 Å². The van der Waals surface area contributed by atoms with Gasteiger partial charge in [-0.1, -0.05) is 18.2 Å². The summed E-state index contributed by atoms with van der Waals surface area (Å²) < 4.78 is 5.66. The Bertz CT molecular complexity index is 803. The number of nitriles is 2. The topological polar surface area (TPSA) is 85.9 Å². The summed E-state index contributed by atoms with van der Waals surface area (Å²) in [5.74, 6) is 0.157. The van der Waals surface area contributed by atoms with Gasteiger partial charge in [-0.25, -0.2) is 0 Å². The molecule has 1 N–H and O–H groups in total. The molecule has 0 aliphatic carbocycles. The third-order valence-electron chi connectivity index (χ3n) is 3.35. The van der Waals surface area contributed by atoms with Crippen molar-refractivity contribution in [2.75, 3.05) is 6.54 Å². The number of hydrogen-bond acceptors (Lipinski definition) is 4. The van der Waals surface area contributed by atoms with E-state index in [1.165, 1.54) is 0 Å². The highest BCUT2D eigenvalue weighted by Gasteiger charge is 2.08. The van der Waals surface area contributed by atoms with Crippen LogP contribution >= 0.6 is 0 Å². The number of hydrogen-bond donors (Lipinski definition) is 1. The molecular weight excluding hydrogens is 302 g/mol. The van der Waals surface area contributed by atoms with Gasteiger partial charge in [-0.05, 0) is 42.8 Å². The summed E-state index contributed by atoms with van der Waals surface area (Å²) in [6.07, 6.45) is 0. The molecular formula is C19H17N3O2. The Labute approximate surface area is 141 Å². The Hall–Kier alpha value is -3.31. The maximum atomic E-state index is 12.1. The zero-order valence-electron chi connectivity index (χ0n) is 13.3. The van der Waals surface area contributed by atoms with E-state index < -0.39 is 0 Å². The summed E-state index contributed by atoms with van der Waals surface area (Å²) in [7, 11) is 0. The van der Waals surface area contributed by atoms with Crippen molar-refractivity contribution < 1.29 is 9.53 Å². The van der Waals surface area contributed by atoms with E-state index in [1.807, 2.05) is 6.07 Å². The summed E-state index contributed by atoms with van der Waals surface area (Å²) in [5.41, 5.74) is 1.90. The van der Waals surface area contributed by atoms with Crippen LogP contribution in [0.25, 0.3) is 0 Å². The molecule has 120 valence electrons. The molecule has 5 heteroatoms. The lowest BCUT2D eigenvalue weighted by Gasteiger charge is -2.09. The second kappa shape index (κ2) is 8.36. The Kier molecular flexibility index (Phi) is 5.94. The molecule has 2 aromatic carbocycles.